The van der Waals surface area contributed by atoms with Crippen LogP contribution in [0.15, 0.2) is 18.2 Å². The average molecular weight is 220 g/mol. The summed E-state index contributed by atoms with van der Waals surface area (Å²) in [5, 5.41) is 12.1. The van der Waals surface area contributed by atoms with Gasteiger partial charge in [-0.3, -0.25) is 0 Å². The van der Waals surface area contributed by atoms with Gasteiger partial charge in [0, 0.05) is 14.2 Å². The van der Waals surface area contributed by atoms with Crippen molar-refractivity contribution in [2.75, 3.05) is 26.1 Å². The van der Waals surface area contributed by atoms with Gasteiger partial charge in [0.15, 0.2) is 6.29 Å². The van der Waals surface area contributed by atoms with Crippen molar-refractivity contribution in [1.29, 1.82) is 5.26 Å². The van der Waals surface area contributed by atoms with Crippen molar-refractivity contribution in [2.24, 2.45) is 0 Å². The van der Waals surface area contributed by atoms with Crippen LogP contribution in [0.4, 0.5) is 5.69 Å². The lowest BCUT2D eigenvalue weighted by Gasteiger charge is -2.16. The summed E-state index contributed by atoms with van der Waals surface area (Å²) in [5.74, 6) is 0. The van der Waals surface area contributed by atoms with Crippen molar-refractivity contribution in [1.82, 2.24) is 0 Å². The Balaban J connectivity index is 2.77. The molecule has 0 aliphatic heterocycles. The third kappa shape index (κ3) is 2.96. The minimum Gasteiger partial charge on any atom is -0.379 e. The lowest BCUT2D eigenvalue weighted by atomic mass is 10.1. The number of nitrogens with one attached hydrogen (secondary N) is 1. The minimum atomic E-state index is -0.314. The second-order valence-corrected chi connectivity index (χ2v) is 3.39. The Morgan fingerprint density at radius 1 is 1.38 bits per heavy atom. The minimum absolute atomic E-state index is 0.314. The van der Waals surface area contributed by atoms with E-state index in [1.807, 2.05) is 19.1 Å². The van der Waals surface area contributed by atoms with Crippen LogP contribution in [0.1, 0.15) is 11.1 Å². The van der Waals surface area contributed by atoms with Crippen LogP contribution in [0.25, 0.3) is 0 Å². The quantitative estimate of drug-likeness (QED) is 0.770. The number of anilines is 1. The van der Waals surface area contributed by atoms with Crippen molar-refractivity contribution in [3.05, 3.63) is 29.3 Å². The maximum Gasteiger partial charge on any atom is 0.173 e. The number of ether oxygens (including phenoxy) is 2. The number of hydrogen-bond donors (Lipinski definition) is 1. The number of nitriles is 1. The molecule has 1 N–H and O–H groups in total. The Morgan fingerprint density at radius 3 is 2.62 bits per heavy atom. The maximum absolute atomic E-state index is 8.97. The van der Waals surface area contributed by atoms with Crippen molar-refractivity contribution in [3.63, 3.8) is 0 Å². The molecular formula is C12H16N2O2. The van der Waals surface area contributed by atoms with Crippen LogP contribution >= 0.6 is 0 Å². The van der Waals surface area contributed by atoms with Gasteiger partial charge in [-0.15, -0.1) is 0 Å². The molecule has 0 heterocycles. The zero-order valence-electron chi connectivity index (χ0n) is 9.78. The lowest BCUT2D eigenvalue weighted by molar-refractivity contribution is -0.0914. The molecule has 0 bridgehead atoms. The summed E-state index contributed by atoms with van der Waals surface area (Å²) < 4.78 is 10.1. The SMILES string of the molecule is COC(CNc1c(C)cccc1C#N)OC. The first-order chi connectivity index (χ1) is 7.72. The van der Waals surface area contributed by atoms with Crippen LogP contribution in [0.3, 0.4) is 0 Å². The second kappa shape index (κ2) is 6.11. The molecule has 1 aromatic carbocycles. The molecule has 4 heteroatoms. The van der Waals surface area contributed by atoms with E-state index < -0.39 is 0 Å². The van der Waals surface area contributed by atoms with Crippen LogP contribution in [-0.4, -0.2) is 27.1 Å². The Morgan fingerprint density at radius 2 is 2.06 bits per heavy atom. The number of methoxy groups -OCH3 is 2. The number of rotatable bonds is 5. The predicted molar refractivity (Wildman–Crippen MR) is 62.2 cm³/mol. The highest BCUT2D eigenvalue weighted by Crippen LogP contribution is 2.19. The van der Waals surface area contributed by atoms with Gasteiger partial charge in [-0.2, -0.15) is 5.26 Å². The van der Waals surface area contributed by atoms with E-state index in [0.29, 0.717) is 12.1 Å². The Bertz CT molecular complexity index is 381. The molecular weight excluding hydrogens is 204 g/mol. The molecule has 0 fully saturated rings. The van der Waals surface area contributed by atoms with Crippen LogP contribution in [0.5, 0.6) is 0 Å². The van der Waals surface area contributed by atoms with Gasteiger partial charge < -0.3 is 14.8 Å². The molecule has 16 heavy (non-hydrogen) atoms. The normalized spacial score (nSPS) is 10.2. The van der Waals surface area contributed by atoms with Gasteiger partial charge in [-0.05, 0) is 18.6 Å². The maximum atomic E-state index is 8.97. The lowest BCUT2D eigenvalue weighted by Crippen LogP contribution is -2.24. The topological polar surface area (TPSA) is 54.3 Å². The molecule has 4 nitrogen and oxygen atoms in total. The highest BCUT2D eigenvalue weighted by atomic mass is 16.7. The van der Waals surface area contributed by atoms with Crippen molar-refractivity contribution in [2.45, 2.75) is 13.2 Å². The van der Waals surface area contributed by atoms with E-state index in [-0.39, 0.29) is 6.29 Å². The molecule has 0 aliphatic rings. The molecule has 0 unspecified atom stereocenters. The smallest absolute Gasteiger partial charge is 0.173 e. The van der Waals surface area contributed by atoms with Gasteiger partial charge in [-0.1, -0.05) is 12.1 Å². The second-order valence-electron chi connectivity index (χ2n) is 3.39. The molecule has 0 spiro atoms. The summed E-state index contributed by atoms with van der Waals surface area (Å²) in [4.78, 5) is 0. The van der Waals surface area contributed by atoms with Gasteiger partial charge in [-0.25, -0.2) is 0 Å². The summed E-state index contributed by atoms with van der Waals surface area (Å²) in [6.45, 7) is 2.46. The Kier molecular flexibility index (Phi) is 4.77. The first-order valence-electron chi connectivity index (χ1n) is 5.02. The fraction of sp³-hybridized carbons (Fsp3) is 0.417. The van der Waals surface area contributed by atoms with Crippen LogP contribution in [0.2, 0.25) is 0 Å². The molecule has 0 radical (unpaired) electrons. The van der Waals surface area contributed by atoms with Crippen molar-refractivity contribution in [3.8, 4) is 6.07 Å². The van der Waals surface area contributed by atoms with Crippen LogP contribution in [0, 0.1) is 18.3 Å². The van der Waals surface area contributed by atoms with E-state index in [4.69, 9.17) is 14.7 Å². The van der Waals surface area contributed by atoms with Crippen molar-refractivity contribution < 1.29 is 9.47 Å². The zero-order chi connectivity index (χ0) is 12.0. The summed E-state index contributed by atoms with van der Waals surface area (Å²) in [7, 11) is 3.16. The number of para-hydroxylation sites is 1. The highest BCUT2D eigenvalue weighted by molar-refractivity contribution is 5.62. The Hall–Kier alpha value is -1.57. The molecule has 0 saturated carbocycles. The van der Waals surface area contributed by atoms with E-state index in [2.05, 4.69) is 11.4 Å². The van der Waals surface area contributed by atoms with Crippen LogP contribution in [-0.2, 0) is 9.47 Å². The fourth-order valence-corrected chi connectivity index (χ4v) is 1.44. The summed E-state index contributed by atoms with van der Waals surface area (Å²) >= 11 is 0. The van der Waals surface area contributed by atoms with Gasteiger partial charge in [0.2, 0.25) is 0 Å². The average Bonchev–Trinajstić information content (AvgIpc) is 2.31. The first-order valence-corrected chi connectivity index (χ1v) is 5.02. The third-order valence-electron chi connectivity index (χ3n) is 2.36. The molecule has 0 aromatic heterocycles. The van der Waals surface area contributed by atoms with E-state index in [1.165, 1.54) is 0 Å². The van der Waals surface area contributed by atoms with E-state index >= 15 is 0 Å². The van der Waals surface area contributed by atoms with E-state index in [1.54, 1.807) is 20.3 Å². The van der Waals surface area contributed by atoms with Gasteiger partial charge in [0.05, 0.1) is 17.8 Å². The molecule has 0 aliphatic carbocycles. The number of benzene rings is 1. The van der Waals surface area contributed by atoms with E-state index in [9.17, 15) is 0 Å². The largest absolute Gasteiger partial charge is 0.379 e. The third-order valence-corrected chi connectivity index (χ3v) is 2.36. The van der Waals surface area contributed by atoms with Gasteiger partial charge in [0.1, 0.15) is 6.07 Å². The standard InChI is InChI=1S/C12H16N2O2/c1-9-5-4-6-10(7-13)12(9)14-8-11(15-2)16-3/h4-6,11,14H,8H2,1-3H3. The first kappa shape index (κ1) is 12.5. The highest BCUT2D eigenvalue weighted by Gasteiger charge is 2.08. The summed E-state index contributed by atoms with van der Waals surface area (Å²) in [5.41, 5.74) is 2.50. The number of aryl methyl sites for hydroxylation is 1. The Labute approximate surface area is 95.8 Å². The molecule has 0 saturated heterocycles. The van der Waals surface area contributed by atoms with E-state index in [0.717, 1.165) is 11.3 Å². The van der Waals surface area contributed by atoms with Crippen molar-refractivity contribution >= 4 is 5.69 Å². The predicted octanol–water partition coefficient (Wildman–Crippen LogP) is 1.90. The summed E-state index contributed by atoms with van der Waals surface area (Å²) in [6.07, 6.45) is -0.314. The van der Waals surface area contributed by atoms with Crippen LogP contribution < -0.4 is 5.32 Å². The number of hydrogen-bond acceptors (Lipinski definition) is 4. The van der Waals surface area contributed by atoms with Gasteiger partial charge in [0.25, 0.3) is 0 Å². The molecule has 1 rings (SSSR count). The molecule has 86 valence electrons. The monoisotopic (exact) mass is 220 g/mol. The molecule has 0 atom stereocenters. The zero-order valence-corrected chi connectivity index (χ0v) is 9.78. The fourth-order valence-electron chi connectivity index (χ4n) is 1.44. The summed E-state index contributed by atoms with van der Waals surface area (Å²) in [6, 6.07) is 7.75. The molecule has 1 aromatic rings. The molecule has 0 amide bonds. The number of nitrogens with zero attached hydrogens (tertiary/aromatic N) is 1. The van der Waals surface area contributed by atoms with Gasteiger partial charge >= 0.3 is 0 Å².